The first-order chi connectivity index (χ1) is 6.31. The molecule has 2 rings (SSSR count). The van der Waals surface area contributed by atoms with Gasteiger partial charge in [-0.05, 0) is 32.2 Å². The van der Waals surface area contributed by atoms with E-state index in [0.717, 1.165) is 18.5 Å². The normalized spacial score (nSPS) is 17.4. The summed E-state index contributed by atoms with van der Waals surface area (Å²) in [6.07, 6.45) is 3.35. The molecule has 72 valence electrons. The SMILES string of the molecule is NCCC(O)c1nc2c([nH]1)CCC2. The van der Waals surface area contributed by atoms with Crippen LogP contribution >= 0.6 is 0 Å². The van der Waals surface area contributed by atoms with Crippen molar-refractivity contribution in [3.63, 3.8) is 0 Å². The highest BCUT2D eigenvalue weighted by Gasteiger charge is 2.19. The first-order valence-electron chi connectivity index (χ1n) is 4.77. The molecule has 13 heavy (non-hydrogen) atoms. The maximum atomic E-state index is 9.60. The van der Waals surface area contributed by atoms with Gasteiger partial charge in [0.25, 0.3) is 0 Å². The van der Waals surface area contributed by atoms with Crippen LogP contribution in [0.2, 0.25) is 0 Å². The van der Waals surface area contributed by atoms with E-state index >= 15 is 0 Å². The molecule has 1 unspecified atom stereocenters. The molecule has 4 N–H and O–H groups in total. The Morgan fingerprint density at radius 2 is 2.38 bits per heavy atom. The van der Waals surface area contributed by atoms with Crippen molar-refractivity contribution < 1.29 is 5.11 Å². The lowest BCUT2D eigenvalue weighted by atomic mass is 10.2. The van der Waals surface area contributed by atoms with Crippen LogP contribution in [-0.4, -0.2) is 21.6 Å². The van der Waals surface area contributed by atoms with Gasteiger partial charge in [0.05, 0.1) is 5.69 Å². The Morgan fingerprint density at radius 3 is 3.08 bits per heavy atom. The van der Waals surface area contributed by atoms with E-state index in [-0.39, 0.29) is 0 Å². The minimum absolute atomic E-state index is 0.493. The van der Waals surface area contributed by atoms with Crippen LogP contribution in [-0.2, 0) is 12.8 Å². The molecule has 1 aromatic heterocycles. The molecule has 1 heterocycles. The molecule has 0 aromatic carbocycles. The van der Waals surface area contributed by atoms with Gasteiger partial charge in [-0.2, -0.15) is 0 Å². The van der Waals surface area contributed by atoms with E-state index in [1.54, 1.807) is 0 Å². The van der Waals surface area contributed by atoms with E-state index in [1.807, 2.05) is 0 Å². The first kappa shape index (κ1) is 8.72. The zero-order chi connectivity index (χ0) is 9.26. The maximum Gasteiger partial charge on any atom is 0.135 e. The Kier molecular flexibility index (Phi) is 2.33. The van der Waals surface area contributed by atoms with Crippen LogP contribution in [0.3, 0.4) is 0 Å². The topological polar surface area (TPSA) is 74.9 Å². The number of aromatic nitrogens is 2. The second kappa shape index (κ2) is 3.47. The van der Waals surface area contributed by atoms with Gasteiger partial charge in [-0.15, -0.1) is 0 Å². The Morgan fingerprint density at radius 1 is 1.54 bits per heavy atom. The number of hydrogen-bond acceptors (Lipinski definition) is 3. The molecule has 0 fully saturated rings. The van der Waals surface area contributed by atoms with Gasteiger partial charge in [0.2, 0.25) is 0 Å². The smallest absolute Gasteiger partial charge is 0.135 e. The second-order valence-electron chi connectivity index (χ2n) is 3.49. The Balaban J connectivity index is 2.13. The molecule has 0 amide bonds. The lowest BCUT2D eigenvalue weighted by Crippen LogP contribution is -2.08. The molecule has 0 saturated heterocycles. The highest BCUT2D eigenvalue weighted by atomic mass is 16.3. The minimum Gasteiger partial charge on any atom is -0.385 e. The minimum atomic E-state index is -0.518. The van der Waals surface area contributed by atoms with E-state index < -0.39 is 6.10 Å². The number of aliphatic hydroxyl groups excluding tert-OH is 1. The summed E-state index contributed by atoms with van der Waals surface area (Å²) in [5, 5.41) is 9.60. The molecule has 1 aliphatic carbocycles. The fraction of sp³-hybridized carbons (Fsp3) is 0.667. The van der Waals surface area contributed by atoms with Gasteiger partial charge in [-0.25, -0.2) is 4.98 Å². The van der Waals surface area contributed by atoms with Crippen molar-refractivity contribution in [2.45, 2.75) is 31.8 Å². The Hall–Kier alpha value is -0.870. The van der Waals surface area contributed by atoms with E-state index in [9.17, 15) is 5.11 Å². The van der Waals surface area contributed by atoms with Gasteiger partial charge >= 0.3 is 0 Å². The fourth-order valence-corrected chi connectivity index (χ4v) is 1.77. The number of aromatic amines is 1. The first-order valence-corrected chi connectivity index (χ1v) is 4.77. The van der Waals surface area contributed by atoms with Crippen LogP contribution in [0.1, 0.15) is 36.2 Å². The predicted octanol–water partition coefficient (Wildman–Crippen LogP) is 0.281. The number of nitrogens with zero attached hydrogens (tertiary/aromatic N) is 1. The number of imidazole rings is 1. The molecular weight excluding hydrogens is 166 g/mol. The number of nitrogens with one attached hydrogen (secondary N) is 1. The lowest BCUT2D eigenvalue weighted by molar-refractivity contribution is 0.161. The number of hydrogen-bond donors (Lipinski definition) is 3. The molecule has 0 saturated carbocycles. The van der Waals surface area contributed by atoms with Gasteiger partial charge < -0.3 is 15.8 Å². The van der Waals surface area contributed by atoms with Crippen LogP contribution in [0.5, 0.6) is 0 Å². The van der Waals surface area contributed by atoms with Crippen LogP contribution in [0, 0.1) is 0 Å². The fourth-order valence-electron chi connectivity index (χ4n) is 1.77. The monoisotopic (exact) mass is 181 g/mol. The van der Waals surface area contributed by atoms with Crippen LogP contribution in [0.4, 0.5) is 0 Å². The Labute approximate surface area is 77.2 Å². The van der Waals surface area contributed by atoms with Gasteiger partial charge in [0, 0.05) is 5.69 Å². The quantitative estimate of drug-likeness (QED) is 0.627. The van der Waals surface area contributed by atoms with Crippen molar-refractivity contribution in [1.29, 1.82) is 0 Å². The summed E-state index contributed by atoms with van der Waals surface area (Å²) < 4.78 is 0. The second-order valence-corrected chi connectivity index (χ2v) is 3.49. The van der Waals surface area contributed by atoms with Crippen LogP contribution in [0.15, 0.2) is 0 Å². The third-order valence-corrected chi connectivity index (χ3v) is 2.48. The third kappa shape index (κ3) is 1.59. The zero-order valence-electron chi connectivity index (χ0n) is 7.58. The van der Waals surface area contributed by atoms with Crippen molar-refractivity contribution in [3.8, 4) is 0 Å². The summed E-state index contributed by atoms with van der Waals surface area (Å²) >= 11 is 0. The summed E-state index contributed by atoms with van der Waals surface area (Å²) in [5.74, 6) is 0.690. The molecule has 0 spiro atoms. The van der Waals surface area contributed by atoms with Gasteiger partial charge in [-0.3, -0.25) is 0 Å². The van der Waals surface area contributed by atoms with Crippen molar-refractivity contribution in [1.82, 2.24) is 9.97 Å². The summed E-state index contributed by atoms with van der Waals surface area (Å²) in [6, 6.07) is 0. The zero-order valence-corrected chi connectivity index (χ0v) is 7.58. The van der Waals surface area contributed by atoms with Gasteiger partial charge in [0.15, 0.2) is 0 Å². The van der Waals surface area contributed by atoms with Crippen LogP contribution in [0.25, 0.3) is 0 Å². The molecule has 1 aliphatic rings. The van der Waals surface area contributed by atoms with Crippen molar-refractivity contribution in [3.05, 3.63) is 17.2 Å². The number of aliphatic hydroxyl groups is 1. The maximum absolute atomic E-state index is 9.60. The number of rotatable bonds is 3. The van der Waals surface area contributed by atoms with E-state index in [0.29, 0.717) is 18.8 Å². The summed E-state index contributed by atoms with van der Waals surface area (Å²) in [5.41, 5.74) is 7.69. The third-order valence-electron chi connectivity index (χ3n) is 2.48. The predicted molar refractivity (Wildman–Crippen MR) is 49.2 cm³/mol. The van der Waals surface area contributed by atoms with Gasteiger partial charge in [-0.1, -0.05) is 0 Å². The van der Waals surface area contributed by atoms with E-state index in [4.69, 9.17) is 5.73 Å². The highest BCUT2D eigenvalue weighted by molar-refractivity contribution is 5.20. The van der Waals surface area contributed by atoms with Crippen molar-refractivity contribution in [2.75, 3.05) is 6.54 Å². The molecule has 4 heteroatoms. The van der Waals surface area contributed by atoms with E-state index in [1.165, 1.54) is 12.1 Å². The molecule has 0 radical (unpaired) electrons. The highest BCUT2D eigenvalue weighted by Crippen LogP contribution is 2.22. The molecule has 1 aromatic rings. The van der Waals surface area contributed by atoms with E-state index in [2.05, 4.69) is 9.97 Å². The summed E-state index contributed by atoms with van der Waals surface area (Å²) in [6.45, 7) is 0.493. The molecule has 0 aliphatic heterocycles. The molecule has 4 nitrogen and oxygen atoms in total. The van der Waals surface area contributed by atoms with Crippen molar-refractivity contribution >= 4 is 0 Å². The van der Waals surface area contributed by atoms with Crippen LogP contribution < -0.4 is 5.73 Å². The standard InChI is InChI=1S/C9H15N3O/c10-5-4-8(13)9-11-6-2-1-3-7(6)12-9/h8,13H,1-5,10H2,(H,11,12). The summed E-state index contributed by atoms with van der Waals surface area (Å²) in [4.78, 5) is 7.51. The average molecular weight is 181 g/mol. The average Bonchev–Trinajstić information content (AvgIpc) is 2.61. The number of nitrogens with two attached hydrogens (primary N) is 1. The number of aryl methyl sites for hydroxylation is 2. The largest absolute Gasteiger partial charge is 0.385 e. The summed E-state index contributed by atoms with van der Waals surface area (Å²) in [7, 11) is 0. The molecular formula is C9H15N3O. The van der Waals surface area contributed by atoms with Gasteiger partial charge in [0.1, 0.15) is 11.9 Å². The molecule has 0 bridgehead atoms. The Bertz CT molecular complexity index is 274. The van der Waals surface area contributed by atoms with Crippen molar-refractivity contribution in [2.24, 2.45) is 5.73 Å². The number of H-pyrrole nitrogens is 1. The molecule has 1 atom stereocenters. The number of fused-ring (bicyclic) bond motifs is 1. The lowest BCUT2D eigenvalue weighted by Gasteiger charge is -2.04.